The molecular weight excluding hydrogens is 360 g/mol. The first-order valence-electron chi connectivity index (χ1n) is 8.91. The number of allylic oxidation sites excluding steroid dienone is 1. The highest BCUT2D eigenvalue weighted by molar-refractivity contribution is 6.66. The molecule has 0 amide bonds. The summed E-state index contributed by atoms with van der Waals surface area (Å²) in [6.45, 7) is 0. The van der Waals surface area contributed by atoms with Gasteiger partial charge in [0.25, 0.3) is 0 Å². The molecular formula is C23H16N4Si. The molecule has 0 saturated heterocycles. The second kappa shape index (κ2) is 7.75. The molecule has 0 radical (unpaired) electrons. The van der Waals surface area contributed by atoms with E-state index >= 15 is 0 Å². The first-order chi connectivity index (χ1) is 13.8. The molecule has 0 aliphatic carbocycles. The van der Waals surface area contributed by atoms with Gasteiger partial charge in [0.05, 0.1) is 16.5 Å². The minimum atomic E-state index is -0.777. The molecule has 4 rings (SSSR count). The lowest BCUT2D eigenvalue weighted by atomic mass is 10.1. The highest BCUT2D eigenvalue weighted by Crippen LogP contribution is 2.19. The van der Waals surface area contributed by atoms with E-state index in [9.17, 15) is 0 Å². The predicted molar refractivity (Wildman–Crippen MR) is 115 cm³/mol. The van der Waals surface area contributed by atoms with Gasteiger partial charge in [-0.05, 0) is 35.9 Å². The fraction of sp³-hybridized carbons (Fsp3) is 0. The zero-order valence-corrected chi connectivity index (χ0v) is 16.5. The van der Waals surface area contributed by atoms with Crippen LogP contribution in [0.25, 0.3) is 22.8 Å². The summed E-state index contributed by atoms with van der Waals surface area (Å²) in [6.07, 6.45) is 1.59. The predicted octanol–water partition coefficient (Wildman–Crippen LogP) is 2.58. The summed E-state index contributed by atoms with van der Waals surface area (Å²) >= 11 is 0. The second-order valence-electron chi connectivity index (χ2n) is 6.39. The Morgan fingerprint density at radius 2 is 1.57 bits per heavy atom. The van der Waals surface area contributed by atoms with E-state index in [-0.39, 0.29) is 5.57 Å². The van der Waals surface area contributed by atoms with Crippen LogP contribution in [0.3, 0.4) is 0 Å². The Kier molecular flexibility index (Phi) is 4.84. The standard InChI is InChI=1S/C23H16N4Si/c24-15-18(16-25)13-17-11-12-22-21(14-17)26-23(28-20-9-5-2-6-10-20)27(22)19-7-3-1-4-8-19/h1-14H,28H2. The molecule has 5 heteroatoms. The van der Waals surface area contributed by atoms with Crippen LogP contribution in [0, 0.1) is 22.7 Å². The van der Waals surface area contributed by atoms with E-state index in [1.165, 1.54) is 5.19 Å². The van der Waals surface area contributed by atoms with Gasteiger partial charge in [-0.25, -0.2) is 4.98 Å². The molecule has 0 fully saturated rings. The molecule has 4 nitrogen and oxygen atoms in total. The summed E-state index contributed by atoms with van der Waals surface area (Å²) in [5.41, 5.74) is 4.94. The van der Waals surface area contributed by atoms with E-state index in [0.717, 1.165) is 27.7 Å². The van der Waals surface area contributed by atoms with Crippen LogP contribution in [-0.2, 0) is 0 Å². The Bertz CT molecular complexity index is 1230. The van der Waals surface area contributed by atoms with Gasteiger partial charge in [-0.2, -0.15) is 10.5 Å². The minimum absolute atomic E-state index is 0.0840. The van der Waals surface area contributed by atoms with Crippen molar-refractivity contribution >= 4 is 37.3 Å². The summed E-state index contributed by atoms with van der Waals surface area (Å²) < 4.78 is 2.22. The average Bonchev–Trinajstić information content (AvgIpc) is 3.10. The molecule has 1 aromatic heterocycles. The Balaban J connectivity index is 1.88. The van der Waals surface area contributed by atoms with E-state index in [1.807, 2.05) is 54.6 Å². The summed E-state index contributed by atoms with van der Waals surface area (Å²) in [6, 6.07) is 30.4. The lowest BCUT2D eigenvalue weighted by Crippen LogP contribution is -2.34. The number of benzene rings is 3. The van der Waals surface area contributed by atoms with Crippen LogP contribution >= 0.6 is 0 Å². The van der Waals surface area contributed by atoms with Crippen LogP contribution in [0.4, 0.5) is 0 Å². The third kappa shape index (κ3) is 3.48. The minimum Gasteiger partial charge on any atom is -0.301 e. The lowest BCUT2D eigenvalue weighted by Gasteiger charge is -2.09. The van der Waals surface area contributed by atoms with Crippen LogP contribution < -0.4 is 10.6 Å². The van der Waals surface area contributed by atoms with Gasteiger partial charge < -0.3 is 4.57 Å². The Hall–Kier alpha value is -3.93. The maximum atomic E-state index is 9.01. The van der Waals surface area contributed by atoms with Gasteiger partial charge >= 0.3 is 0 Å². The van der Waals surface area contributed by atoms with Crippen molar-refractivity contribution in [3.05, 3.63) is 90.0 Å². The zero-order chi connectivity index (χ0) is 19.3. The monoisotopic (exact) mass is 376 g/mol. The van der Waals surface area contributed by atoms with Gasteiger partial charge in [-0.1, -0.05) is 59.8 Å². The average molecular weight is 376 g/mol. The normalized spacial score (nSPS) is 10.6. The van der Waals surface area contributed by atoms with Crippen molar-refractivity contribution in [1.82, 2.24) is 9.55 Å². The fourth-order valence-electron chi connectivity index (χ4n) is 3.26. The number of rotatable bonds is 4. The third-order valence-corrected chi connectivity index (χ3v) is 6.19. The van der Waals surface area contributed by atoms with Gasteiger partial charge in [0.2, 0.25) is 0 Å². The van der Waals surface area contributed by atoms with E-state index in [4.69, 9.17) is 15.5 Å². The number of hydrogen-bond donors (Lipinski definition) is 0. The molecule has 132 valence electrons. The highest BCUT2D eigenvalue weighted by Gasteiger charge is 2.13. The van der Waals surface area contributed by atoms with E-state index in [1.54, 1.807) is 6.08 Å². The molecule has 1 heterocycles. The number of hydrogen-bond acceptors (Lipinski definition) is 3. The number of nitrogens with zero attached hydrogens (tertiary/aromatic N) is 4. The SMILES string of the molecule is N#CC(C#N)=Cc1ccc2c(c1)nc([SiH2]c1ccccc1)n2-c1ccccc1. The molecule has 0 unspecified atom stereocenters. The molecule has 0 spiro atoms. The van der Waals surface area contributed by atoms with Crippen LogP contribution in [-0.4, -0.2) is 19.1 Å². The summed E-state index contributed by atoms with van der Waals surface area (Å²) in [7, 11) is -0.777. The van der Waals surface area contributed by atoms with Crippen molar-refractivity contribution in [2.24, 2.45) is 0 Å². The Morgan fingerprint density at radius 1 is 0.893 bits per heavy atom. The number of nitriles is 2. The number of para-hydroxylation sites is 1. The van der Waals surface area contributed by atoms with Crippen molar-refractivity contribution in [2.45, 2.75) is 0 Å². The second-order valence-corrected chi connectivity index (χ2v) is 8.19. The zero-order valence-electron chi connectivity index (χ0n) is 15.1. The molecule has 0 N–H and O–H groups in total. The van der Waals surface area contributed by atoms with Gasteiger partial charge in [0, 0.05) is 5.69 Å². The molecule has 0 aliphatic heterocycles. The van der Waals surface area contributed by atoms with Crippen molar-refractivity contribution in [1.29, 1.82) is 10.5 Å². The number of imidazole rings is 1. The van der Waals surface area contributed by atoms with Gasteiger partial charge in [0.15, 0.2) is 0 Å². The van der Waals surface area contributed by atoms with Crippen molar-refractivity contribution < 1.29 is 0 Å². The molecule has 0 aliphatic rings. The molecule has 3 aromatic carbocycles. The molecule has 0 saturated carbocycles. The van der Waals surface area contributed by atoms with Crippen molar-refractivity contribution in [2.75, 3.05) is 0 Å². The van der Waals surface area contributed by atoms with Gasteiger partial charge in [0.1, 0.15) is 27.2 Å². The molecule has 0 bridgehead atoms. The largest absolute Gasteiger partial charge is 0.301 e. The first-order valence-corrected chi connectivity index (χ1v) is 10.3. The smallest absolute Gasteiger partial charge is 0.133 e. The van der Waals surface area contributed by atoms with E-state index < -0.39 is 9.52 Å². The van der Waals surface area contributed by atoms with Crippen LogP contribution in [0.2, 0.25) is 0 Å². The summed E-state index contributed by atoms with van der Waals surface area (Å²) in [4.78, 5) is 4.93. The quantitative estimate of drug-likeness (QED) is 0.406. The van der Waals surface area contributed by atoms with E-state index in [0.29, 0.717) is 0 Å². The molecule has 0 atom stereocenters. The molecule has 4 aromatic rings. The number of fused-ring (bicyclic) bond motifs is 1. The van der Waals surface area contributed by atoms with Crippen LogP contribution in [0.5, 0.6) is 0 Å². The summed E-state index contributed by atoms with van der Waals surface area (Å²) in [5, 5.41) is 19.3. The van der Waals surface area contributed by atoms with Crippen molar-refractivity contribution in [3.8, 4) is 17.8 Å². The van der Waals surface area contributed by atoms with E-state index in [2.05, 4.69) is 41.0 Å². The summed E-state index contributed by atoms with van der Waals surface area (Å²) in [5.74, 6) is 0. The number of aromatic nitrogens is 2. The van der Waals surface area contributed by atoms with Gasteiger partial charge in [-0.15, -0.1) is 0 Å². The Morgan fingerprint density at radius 3 is 2.25 bits per heavy atom. The fourth-order valence-corrected chi connectivity index (χ4v) is 4.89. The third-order valence-electron chi connectivity index (χ3n) is 4.52. The van der Waals surface area contributed by atoms with Gasteiger partial charge in [-0.3, -0.25) is 0 Å². The molecule has 28 heavy (non-hydrogen) atoms. The van der Waals surface area contributed by atoms with Crippen LogP contribution in [0.1, 0.15) is 5.56 Å². The maximum absolute atomic E-state index is 9.01. The first kappa shape index (κ1) is 17.5. The lowest BCUT2D eigenvalue weighted by molar-refractivity contribution is 1.14. The van der Waals surface area contributed by atoms with Crippen LogP contribution in [0.15, 0.2) is 84.4 Å². The van der Waals surface area contributed by atoms with Crippen molar-refractivity contribution in [3.63, 3.8) is 0 Å². The Labute approximate surface area is 165 Å². The maximum Gasteiger partial charge on any atom is 0.133 e. The topological polar surface area (TPSA) is 65.4 Å². The highest BCUT2D eigenvalue weighted by atomic mass is 28.2.